The number of ether oxygens (including phenoxy) is 1. The molecule has 1 amide bonds. The van der Waals surface area contributed by atoms with Gasteiger partial charge in [-0.3, -0.25) is 9.59 Å². The molecule has 0 aliphatic carbocycles. The summed E-state index contributed by atoms with van der Waals surface area (Å²) < 4.78 is 7.56. The molecular weight excluding hydrogens is 616 g/mol. The molecule has 47 heavy (non-hydrogen) atoms. The normalized spacial score (nSPS) is 15.7. The van der Waals surface area contributed by atoms with Gasteiger partial charge in [0.1, 0.15) is 23.9 Å². The van der Waals surface area contributed by atoms with Gasteiger partial charge in [0.15, 0.2) is 0 Å². The van der Waals surface area contributed by atoms with Crippen LogP contribution in [0.5, 0.6) is 5.75 Å². The number of likely N-dealkylation sites (N-methyl/N-ethyl adjacent to an activating group) is 1. The molecule has 0 unspecified atom stereocenters. The van der Waals surface area contributed by atoms with Crippen LogP contribution in [-0.4, -0.2) is 71.8 Å². The van der Waals surface area contributed by atoms with Crippen molar-refractivity contribution < 1.29 is 14.6 Å². The molecule has 0 saturated carbocycles. The third kappa shape index (κ3) is 6.58. The standard InChI is InChI=1S/C36H41ClN6O4/c1-36(2,3)28-19-32-26(18-29(28)37)34(45)43(15-16-47-32)31-8-6-7-25(27(31)22-44)23-17-30(35(46)41(5)21-23)39-33-10-9-24(20-38-33)42-13-11-40(4)12-14-42/h6-10,17-21,44H,11-16,22H2,1-5H3,(H,38,39). The summed E-state index contributed by atoms with van der Waals surface area (Å²) in [6.45, 7) is 10.3. The predicted octanol–water partition coefficient (Wildman–Crippen LogP) is 5.43. The third-order valence-corrected chi connectivity index (χ3v) is 9.21. The van der Waals surface area contributed by atoms with Gasteiger partial charge < -0.3 is 34.4 Å². The number of carbonyl (C=O) groups excluding carboxylic acids is 1. The zero-order valence-corrected chi connectivity index (χ0v) is 28.3. The minimum atomic E-state index is -0.326. The quantitative estimate of drug-likeness (QED) is 0.284. The molecule has 0 spiro atoms. The SMILES string of the molecule is CN1CCN(c2ccc(Nc3cc(-c4cccc(N5CCOc6cc(C(C)(C)C)c(Cl)cc6C5=O)c4CO)cn(C)c3=O)nc2)CC1. The zero-order chi connectivity index (χ0) is 33.5. The number of piperazine rings is 1. The smallest absolute Gasteiger partial charge is 0.274 e. The lowest BCUT2D eigenvalue weighted by Crippen LogP contribution is -2.44. The number of hydrogen-bond donors (Lipinski definition) is 2. The summed E-state index contributed by atoms with van der Waals surface area (Å²) in [5.41, 5.74) is 4.73. The van der Waals surface area contributed by atoms with Crippen molar-refractivity contribution in [1.29, 1.82) is 0 Å². The number of anilines is 4. The van der Waals surface area contributed by atoms with E-state index in [9.17, 15) is 14.7 Å². The first-order valence-electron chi connectivity index (χ1n) is 15.8. The van der Waals surface area contributed by atoms with Gasteiger partial charge in [0.2, 0.25) is 0 Å². The third-order valence-electron chi connectivity index (χ3n) is 8.90. The maximum Gasteiger partial charge on any atom is 0.274 e. The van der Waals surface area contributed by atoms with E-state index in [4.69, 9.17) is 16.3 Å². The van der Waals surface area contributed by atoms with Crippen molar-refractivity contribution in [3.05, 3.63) is 93.0 Å². The van der Waals surface area contributed by atoms with E-state index >= 15 is 0 Å². The topological polar surface area (TPSA) is 103 Å². The van der Waals surface area contributed by atoms with Crippen LogP contribution in [-0.2, 0) is 19.1 Å². The molecule has 4 heterocycles. The highest BCUT2D eigenvalue weighted by atomic mass is 35.5. The van der Waals surface area contributed by atoms with Crippen molar-refractivity contribution in [2.24, 2.45) is 7.05 Å². The Labute approximate surface area is 280 Å². The second kappa shape index (κ2) is 13.0. The van der Waals surface area contributed by atoms with Crippen molar-refractivity contribution in [1.82, 2.24) is 14.5 Å². The summed E-state index contributed by atoms with van der Waals surface area (Å²) in [5, 5.41) is 14.4. The summed E-state index contributed by atoms with van der Waals surface area (Å²) in [6.07, 6.45) is 3.55. The van der Waals surface area contributed by atoms with Crippen molar-refractivity contribution in [3.8, 4) is 16.9 Å². The summed E-state index contributed by atoms with van der Waals surface area (Å²) in [7, 11) is 3.81. The minimum Gasteiger partial charge on any atom is -0.491 e. The van der Waals surface area contributed by atoms with E-state index in [-0.39, 0.29) is 36.6 Å². The summed E-state index contributed by atoms with van der Waals surface area (Å²) in [5.74, 6) is 0.781. The van der Waals surface area contributed by atoms with Gasteiger partial charge in [-0.15, -0.1) is 0 Å². The number of rotatable bonds is 6. The van der Waals surface area contributed by atoms with Gasteiger partial charge in [0.05, 0.1) is 36.3 Å². The Morgan fingerprint density at radius 2 is 1.74 bits per heavy atom. The Kier molecular flexibility index (Phi) is 9.02. The number of amides is 1. The van der Waals surface area contributed by atoms with Gasteiger partial charge in [-0.25, -0.2) is 4.98 Å². The molecule has 1 saturated heterocycles. The molecule has 2 N–H and O–H groups in total. The number of nitrogens with one attached hydrogen (secondary N) is 1. The number of hydrogen-bond acceptors (Lipinski definition) is 8. The van der Waals surface area contributed by atoms with E-state index in [2.05, 4.69) is 47.9 Å². The Balaban J connectivity index is 1.32. The van der Waals surface area contributed by atoms with Crippen LogP contribution < -0.4 is 25.4 Å². The van der Waals surface area contributed by atoms with E-state index in [0.29, 0.717) is 50.2 Å². The van der Waals surface area contributed by atoms with Gasteiger partial charge in [-0.1, -0.05) is 44.5 Å². The van der Waals surface area contributed by atoms with Crippen LogP contribution in [0.2, 0.25) is 5.02 Å². The lowest BCUT2D eigenvalue weighted by molar-refractivity contribution is 0.0989. The van der Waals surface area contributed by atoms with E-state index < -0.39 is 0 Å². The van der Waals surface area contributed by atoms with Gasteiger partial charge in [0, 0.05) is 55.6 Å². The van der Waals surface area contributed by atoms with Crippen LogP contribution >= 0.6 is 11.6 Å². The number of aryl methyl sites for hydroxylation is 1. The number of benzene rings is 2. The monoisotopic (exact) mass is 656 g/mol. The highest BCUT2D eigenvalue weighted by Gasteiger charge is 2.30. The second-order valence-electron chi connectivity index (χ2n) is 13.2. The van der Waals surface area contributed by atoms with Crippen LogP contribution in [0.15, 0.2) is 65.7 Å². The van der Waals surface area contributed by atoms with Gasteiger partial charge in [0.25, 0.3) is 11.5 Å². The number of pyridine rings is 2. The van der Waals surface area contributed by atoms with Crippen LogP contribution in [0.3, 0.4) is 0 Å². The highest BCUT2D eigenvalue weighted by molar-refractivity contribution is 6.32. The molecule has 10 nitrogen and oxygen atoms in total. The summed E-state index contributed by atoms with van der Waals surface area (Å²) in [4.78, 5) is 38.0. The molecule has 0 atom stereocenters. The molecule has 6 rings (SSSR count). The molecular formula is C36H41ClN6O4. The number of aromatic nitrogens is 2. The number of nitrogens with zero attached hydrogens (tertiary/aromatic N) is 5. The Morgan fingerprint density at radius 1 is 0.979 bits per heavy atom. The van der Waals surface area contributed by atoms with Crippen molar-refractivity contribution in [2.75, 3.05) is 61.5 Å². The van der Waals surface area contributed by atoms with E-state index in [1.807, 2.05) is 42.6 Å². The van der Waals surface area contributed by atoms with E-state index in [1.165, 1.54) is 4.57 Å². The molecule has 11 heteroatoms. The van der Waals surface area contributed by atoms with Crippen LogP contribution in [0, 0.1) is 0 Å². The zero-order valence-electron chi connectivity index (χ0n) is 27.5. The number of carbonyl (C=O) groups is 1. The average Bonchev–Trinajstić information content (AvgIpc) is 3.20. The van der Waals surface area contributed by atoms with E-state index in [1.54, 1.807) is 30.3 Å². The first-order chi connectivity index (χ1) is 22.4. The Hall–Kier alpha value is -4.38. The van der Waals surface area contributed by atoms with Crippen molar-refractivity contribution >= 4 is 40.4 Å². The lowest BCUT2D eigenvalue weighted by atomic mass is 9.86. The largest absolute Gasteiger partial charge is 0.491 e. The summed E-state index contributed by atoms with van der Waals surface area (Å²) in [6, 6.07) is 14.7. The molecule has 2 aliphatic heterocycles. The number of aliphatic hydroxyl groups is 1. The molecule has 2 aliphatic rings. The fourth-order valence-corrected chi connectivity index (χ4v) is 6.65. The van der Waals surface area contributed by atoms with Crippen molar-refractivity contribution in [3.63, 3.8) is 0 Å². The molecule has 0 radical (unpaired) electrons. The lowest BCUT2D eigenvalue weighted by Gasteiger charge is -2.33. The number of fused-ring (bicyclic) bond motifs is 1. The predicted molar refractivity (Wildman–Crippen MR) is 188 cm³/mol. The van der Waals surface area contributed by atoms with Gasteiger partial charge in [-0.2, -0.15) is 0 Å². The Morgan fingerprint density at radius 3 is 2.43 bits per heavy atom. The van der Waals surface area contributed by atoms with Crippen molar-refractivity contribution in [2.45, 2.75) is 32.8 Å². The minimum absolute atomic E-state index is 0.219. The first kappa shape index (κ1) is 32.6. The van der Waals surface area contributed by atoms with Crippen LogP contribution in [0.1, 0.15) is 42.3 Å². The molecule has 0 bridgehead atoms. The molecule has 1 fully saturated rings. The fourth-order valence-electron chi connectivity index (χ4n) is 6.20. The fraction of sp³-hybridized carbons (Fsp3) is 0.361. The molecule has 2 aromatic heterocycles. The molecule has 2 aromatic carbocycles. The average molecular weight is 657 g/mol. The summed E-state index contributed by atoms with van der Waals surface area (Å²) >= 11 is 6.66. The maximum atomic E-state index is 14.0. The maximum absolute atomic E-state index is 14.0. The highest BCUT2D eigenvalue weighted by Crippen LogP contribution is 2.39. The molecule has 4 aromatic rings. The second-order valence-corrected chi connectivity index (χ2v) is 13.6. The Bertz CT molecular complexity index is 1860. The van der Waals surface area contributed by atoms with Crippen LogP contribution in [0.4, 0.5) is 22.9 Å². The van der Waals surface area contributed by atoms with E-state index in [0.717, 1.165) is 37.4 Å². The molecule has 246 valence electrons. The number of aliphatic hydroxyl groups excluding tert-OH is 1. The van der Waals surface area contributed by atoms with Gasteiger partial charge >= 0.3 is 0 Å². The van der Waals surface area contributed by atoms with Crippen LogP contribution in [0.25, 0.3) is 11.1 Å². The number of halogens is 1. The van der Waals surface area contributed by atoms with Gasteiger partial charge in [-0.05, 0) is 60.0 Å². The first-order valence-corrected chi connectivity index (χ1v) is 16.2.